The molecule has 176 valence electrons. The first-order valence-corrected chi connectivity index (χ1v) is 12.9. The summed E-state index contributed by atoms with van der Waals surface area (Å²) < 4.78 is 42.7. The molecule has 8 nitrogen and oxygen atoms in total. The number of halogens is 1. The fourth-order valence-electron chi connectivity index (χ4n) is 5.37. The summed E-state index contributed by atoms with van der Waals surface area (Å²) in [6, 6.07) is 7.31. The number of nitrogens with zero attached hydrogens (tertiary/aromatic N) is 2. The van der Waals surface area contributed by atoms with Gasteiger partial charge in [0, 0.05) is 42.8 Å². The van der Waals surface area contributed by atoms with Crippen LogP contribution in [0, 0.1) is 23.6 Å². The summed E-state index contributed by atoms with van der Waals surface area (Å²) >= 11 is 0. The highest BCUT2D eigenvalue weighted by atomic mass is 32.2. The maximum absolute atomic E-state index is 14.3. The standard InChI is InChI=1S/C23H26FN3O5S/c1-33(31,32)27-20-16(17(12-28)21(27)22(29)25-10-13-6-7-13)11-26-19(20)9-8-15(23(26)30)14-4-2-3-5-18(14)24/h2-5,8-9,13,16-17,20-21,28H,6-7,10-12H2,1H3,(H,25,29)/t16-,17-,20+,21-/m0/s1. The first-order chi connectivity index (χ1) is 15.7. The number of aromatic nitrogens is 1. The van der Waals surface area contributed by atoms with Gasteiger partial charge in [0.1, 0.15) is 11.9 Å². The molecule has 5 rings (SSSR count). The maximum Gasteiger partial charge on any atom is 0.258 e. The molecule has 1 amide bonds. The summed E-state index contributed by atoms with van der Waals surface area (Å²) in [7, 11) is -3.86. The van der Waals surface area contributed by atoms with E-state index in [2.05, 4.69) is 5.32 Å². The number of hydrogen-bond donors (Lipinski definition) is 2. The van der Waals surface area contributed by atoms with Crippen molar-refractivity contribution in [3.63, 3.8) is 0 Å². The van der Waals surface area contributed by atoms with Crippen LogP contribution < -0.4 is 10.9 Å². The molecule has 2 aromatic rings. The Kier molecular flexibility index (Phi) is 5.42. The Hall–Kier alpha value is -2.56. The van der Waals surface area contributed by atoms with Crippen LogP contribution >= 0.6 is 0 Å². The van der Waals surface area contributed by atoms with Gasteiger partial charge in [0.2, 0.25) is 15.9 Å². The zero-order chi connectivity index (χ0) is 23.5. The van der Waals surface area contributed by atoms with Gasteiger partial charge in [-0.2, -0.15) is 4.31 Å². The molecule has 0 radical (unpaired) electrons. The molecule has 1 saturated carbocycles. The van der Waals surface area contributed by atoms with Crippen molar-refractivity contribution in [1.29, 1.82) is 0 Å². The Bertz CT molecular complexity index is 1270. The van der Waals surface area contributed by atoms with Crippen LogP contribution in [0.5, 0.6) is 0 Å². The van der Waals surface area contributed by atoms with Crippen LogP contribution in [-0.2, 0) is 21.4 Å². The van der Waals surface area contributed by atoms with Crippen molar-refractivity contribution in [3.05, 3.63) is 58.3 Å². The second-order valence-corrected chi connectivity index (χ2v) is 11.1. The number of aliphatic hydroxyl groups is 1. The van der Waals surface area contributed by atoms with E-state index in [0.29, 0.717) is 18.2 Å². The average Bonchev–Trinajstić information content (AvgIpc) is 3.43. The summed E-state index contributed by atoms with van der Waals surface area (Å²) in [6.45, 7) is 0.241. The third-order valence-corrected chi connectivity index (χ3v) is 8.32. The van der Waals surface area contributed by atoms with E-state index < -0.39 is 57.8 Å². The van der Waals surface area contributed by atoms with Gasteiger partial charge in [0.15, 0.2) is 0 Å². The zero-order valence-electron chi connectivity index (χ0n) is 18.1. The number of sulfonamides is 1. The lowest BCUT2D eigenvalue weighted by Gasteiger charge is -2.28. The van der Waals surface area contributed by atoms with Gasteiger partial charge < -0.3 is 15.0 Å². The van der Waals surface area contributed by atoms with Gasteiger partial charge in [-0.1, -0.05) is 18.2 Å². The van der Waals surface area contributed by atoms with Crippen molar-refractivity contribution >= 4 is 15.9 Å². The highest BCUT2D eigenvalue weighted by Gasteiger charge is 2.58. The molecule has 1 saturated heterocycles. The highest BCUT2D eigenvalue weighted by molar-refractivity contribution is 7.88. The van der Waals surface area contributed by atoms with Crippen LogP contribution in [0.15, 0.2) is 41.2 Å². The number of pyridine rings is 1. The molecule has 2 fully saturated rings. The molecule has 2 aliphatic heterocycles. The molecular formula is C23H26FN3O5S. The van der Waals surface area contributed by atoms with Crippen molar-refractivity contribution < 1.29 is 22.7 Å². The number of hydrogen-bond acceptors (Lipinski definition) is 5. The molecular weight excluding hydrogens is 449 g/mol. The fraction of sp³-hybridized carbons (Fsp3) is 0.478. The second kappa shape index (κ2) is 8.03. The number of nitrogens with one attached hydrogen (secondary N) is 1. The summed E-state index contributed by atoms with van der Waals surface area (Å²) in [5, 5.41) is 13.0. The summed E-state index contributed by atoms with van der Waals surface area (Å²) in [5.74, 6) is -1.64. The van der Waals surface area contributed by atoms with Crippen LogP contribution in [0.25, 0.3) is 11.1 Å². The lowest BCUT2D eigenvalue weighted by Crippen LogP contribution is -2.50. The highest BCUT2D eigenvalue weighted by Crippen LogP contribution is 2.50. The Morgan fingerprint density at radius 2 is 1.91 bits per heavy atom. The molecule has 0 unspecified atom stereocenters. The topological polar surface area (TPSA) is 109 Å². The smallest absolute Gasteiger partial charge is 0.258 e. The molecule has 0 bridgehead atoms. The van der Waals surface area contributed by atoms with E-state index >= 15 is 0 Å². The van der Waals surface area contributed by atoms with E-state index in [1.807, 2.05) is 0 Å². The van der Waals surface area contributed by atoms with Crippen molar-refractivity contribution in [3.8, 4) is 11.1 Å². The molecule has 0 spiro atoms. The molecule has 1 aromatic carbocycles. The van der Waals surface area contributed by atoms with E-state index in [9.17, 15) is 27.5 Å². The van der Waals surface area contributed by atoms with Crippen molar-refractivity contribution in [2.24, 2.45) is 17.8 Å². The number of amides is 1. The average molecular weight is 476 g/mol. The monoisotopic (exact) mass is 475 g/mol. The van der Waals surface area contributed by atoms with Crippen LogP contribution in [0.1, 0.15) is 24.6 Å². The van der Waals surface area contributed by atoms with Gasteiger partial charge in [0.05, 0.1) is 17.9 Å². The third-order valence-electron chi connectivity index (χ3n) is 7.10. The second-order valence-electron chi connectivity index (χ2n) is 9.25. The lowest BCUT2D eigenvalue weighted by atomic mass is 9.88. The van der Waals surface area contributed by atoms with Gasteiger partial charge in [-0.3, -0.25) is 9.59 Å². The van der Waals surface area contributed by atoms with Crippen LogP contribution in [0.2, 0.25) is 0 Å². The Morgan fingerprint density at radius 3 is 2.55 bits per heavy atom. The molecule has 3 heterocycles. The predicted octanol–water partition coefficient (Wildman–Crippen LogP) is 1.10. The van der Waals surface area contributed by atoms with Crippen LogP contribution in [-0.4, -0.2) is 53.8 Å². The minimum absolute atomic E-state index is 0.144. The Morgan fingerprint density at radius 1 is 1.18 bits per heavy atom. The minimum atomic E-state index is -3.86. The summed E-state index contributed by atoms with van der Waals surface area (Å²) in [5.41, 5.74) is 0.381. The maximum atomic E-state index is 14.3. The Balaban J connectivity index is 1.57. The molecule has 4 atom stereocenters. The zero-order valence-corrected chi connectivity index (χ0v) is 19.0. The van der Waals surface area contributed by atoms with Gasteiger partial charge >= 0.3 is 0 Å². The van der Waals surface area contributed by atoms with Crippen LogP contribution in [0.4, 0.5) is 4.39 Å². The SMILES string of the molecule is CS(=O)(=O)N1[C@H](C(=O)NCC2CC2)[C@@H](CO)[C@@H]2Cn3c(ccc(-c4ccccc4F)c3=O)[C@@H]21. The number of aliphatic hydroxyl groups excluding tert-OH is 1. The number of rotatable bonds is 6. The van der Waals surface area contributed by atoms with Gasteiger partial charge in [-0.25, -0.2) is 12.8 Å². The molecule has 2 N–H and O–H groups in total. The molecule has 33 heavy (non-hydrogen) atoms. The minimum Gasteiger partial charge on any atom is -0.396 e. The number of fused-ring (bicyclic) bond motifs is 3. The van der Waals surface area contributed by atoms with E-state index in [-0.39, 0.29) is 17.7 Å². The summed E-state index contributed by atoms with van der Waals surface area (Å²) in [6.07, 6.45) is 3.12. The van der Waals surface area contributed by atoms with Gasteiger partial charge in [-0.15, -0.1) is 0 Å². The summed E-state index contributed by atoms with van der Waals surface area (Å²) in [4.78, 5) is 26.3. The molecule has 10 heteroatoms. The van der Waals surface area contributed by atoms with E-state index in [4.69, 9.17) is 0 Å². The number of carbonyl (C=O) groups is 1. The first kappa shape index (κ1) is 22.2. The van der Waals surface area contributed by atoms with Crippen molar-refractivity contribution in [1.82, 2.24) is 14.2 Å². The first-order valence-electron chi connectivity index (χ1n) is 11.1. The molecule has 1 aliphatic carbocycles. The predicted molar refractivity (Wildman–Crippen MR) is 119 cm³/mol. The molecule has 1 aromatic heterocycles. The van der Waals surface area contributed by atoms with Gasteiger partial charge in [-0.05, 0) is 37.0 Å². The Labute approximate surface area is 191 Å². The van der Waals surface area contributed by atoms with E-state index in [1.54, 1.807) is 18.2 Å². The fourth-order valence-corrected chi connectivity index (χ4v) is 6.71. The van der Waals surface area contributed by atoms with Crippen molar-refractivity contribution in [2.75, 3.05) is 19.4 Å². The molecule has 3 aliphatic rings. The number of carbonyl (C=O) groups excluding carboxylic acids is 1. The van der Waals surface area contributed by atoms with Gasteiger partial charge in [0.25, 0.3) is 5.56 Å². The quantitative estimate of drug-likeness (QED) is 0.651. The number of benzene rings is 1. The van der Waals surface area contributed by atoms with Crippen molar-refractivity contribution in [2.45, 2.75) is 31.5 Å². The van der Waals surface area contributed by atoms with Crippen LogP contribution in [0.3, 0.4) is 0 Å². The largest absolute Gasteiger partial charge is 0.396 e. The normalized spacial score (nSPS) is 26.8. The van der Waals surface area contributed by atoms with E-state index in [0.717, 1.165) is 23.4 Å². The van der Waals surface area contributed by atoms with E-state index in [1.165, 1.54) is 22.8 Å². The lowest BCUT2D eigenvalue weighted by molar-refractivity contribution is -0.126. The third kappa shape index (κ3) is 3.70.